The lowest BCUT2D eigenvalue weighted by molar-refractivity contribution is 0.0154. The van der Waals surface area contributed by atoms with Crippen molar-refractivity contribution in [1.29, 1.82) is 0 Å². The van der Waals surface area contributed by atoms with E-state index in [1.165, 1.54) is 5.19 Å². The second-order valence-corrected chi connectivity index (χ2v) is 51.8. The van der Waals surface area contributed by atoms with Crippen molar-refractivity contribution in [3.63, 3.8) is 0 Å². The summed E-state index contributed by atoms with van der Waals surface area (Å²) >= 11 is 0. The first-order chi connectivity index (χ1) is 28.2. The molecule has 354 valence electrons. The molecule has 4 heterocycles. The summed E-state index contributed by atoms with van der Waals surface area (Å²) in [4.78, 5) is 0. The van der Waals surface area contributed by atoms with Crippen molar-refractivity contribution >= 4 is 122 Å². The van der Waals surface area contributed by atoms with Crippen LogP contribution in [0.3, 0.4) is 0 Å². The fourth-order valence-corrected chi connectivity index (χ4v) is 57.7. The molecule has 4 aliphatic heterocycles. The molecule has 0 spiro atoms. The Kier molecular flexibility index (Phi) is 19.2. The standard InChI is InChI=1S/C21H24O2Si2.C8H28O12Si9.C5H12OSi.2CH4/c1-22-25(20-15-9-5-10-16-20,21-17-11-6-12-18-21)23-24(2,3)19-13-7-4-8-14-19;1-22-10-24(3)14-26(5)12-23(2,9-21)13-27(6)15-25(4,11-22)17-28(7,16-24)20-29(8,18-26)19-27;1-5-7(3,4)6-2;;/h4-18H,1-3H3;22H,1-8,21H3;5H,1H2,2-4H3;2*1H4. The van der Waals surface area contributed by atoms with Gasteiger partial charge < -0.3 is 62.3 Å². The van der Waals surface area contributed by atoms with Gasteiger partial charge in [0, 0.05) is 60.0 Å². The van der Waals surface area contributed by atoms with Crippen LogP contribution in [0.5, 0.6) is 0 Å². The van der Waals surface area contributed by atoms with Gasteiger partial charge >= 0.3 is 79.5 Å². The van der Waals surface area contributed by atoms with E-state index in [9.17, 15) is 0 Å². The van der Waals surface area contributed by atoms with Crippen LogP contribution < -0.4 is 15.6 Å². The largest absolute Gasteiger partial charge is 0.475 e. The van der Waals surface area contributed by atoms with Crippen LogP contribution in [-0.4, -0.2) is 121 Å². The first-order valence-electron chi connectivity index (χ1n) is 20.1. The summed E-state index contributed by atoms with van der Waals surface area (Å²) < 4.78 is 94.5. The fourth-order valence-electron chi connectivity index (χ4n) is 7.37. The normalized spacial score (nSPS) is 34.0. The monoisotopic (exact) mass is 1080 g/mol. The third-order valence-electron chi connectivity index (χ3n) is 9.95. The summed E-state index contributed by atoms with van der Waals surface area (Å²) in [5, 5.41) is 3.55. The van der Waals surface area contributed by atoms with Crippen molar-refractivity contribution in [3.8, 4) is 0 Å². The van der Waals surface area contributed by atoms with Crippen LogP contribution in [-0.2, 0) is 62.3 Å². The van der Waals surface area contributed by atoms with Crippen LogP contribution in [0, 0.1) is 0 Å². The van der Waals surface area contributed by atoms with E-state index in [-0.39, 0.29) is 14.9 Å². The molecule has 15 nitrogen and oxygen atoms in total. The van der Waals surface area contributed by atoms with Crippen LogP contribution in [0.15, 0.2) is 103 Å². The van der Waals surface area contributed by atoms with Gasteiger partial charge in [0.05, 0.1) is 0 Å². The van der Waals surface area contributed by atoms with Gasteiger partial charge in [0.25, 0.3) is 0 Å². The highest BCUT2D eigenvalue weighted by Gasteiger charge is 2.73. The molecule has 0 radical (unpaired) electrons. The number of benzene rings is 3. The molecule has 4 aliphatic rings. The second-order valence-electron chi connectivity index (χ2n) is 16.5. The van der Waals surface area contributed by atoms with Gasteiger partial charge in [-0.05, 0) is 48.3 Å². The van der Waals surface area contributed by atoms with Gasteiger partial charge in [-0.3, -0.25) is 0 Å². The van der Waals surface area contributed by atoms with E-state index in [1.54, 1.807) is 60.0 Å². The summed E-state index contributed by atoms with van der Waals surface area (Å²) in [6.45, 7) is 26.6. The van der Waals surface area contributed by atoms with E-state index in [1.807, 2.05) is 30.4 Å². The predicted molar refractivity (Wildman–Crippen MR) is 275 cm³/mol. The Morgan fingerprint density at radius 3 is 1.13 bits per heavy atom. The van der Waals surface area contributed by atoms with Gasteiger partial charge in [0.15, 0.2) is 0 Å². The third kappa shape index (κ3) is 14.2. The second kappa shape index (κ2) is 21.4. The van der Waals surface area contributed by atoms with E-state index < -0.39 is 96.1 Å². The lowest BCUT2D eigenvalue weighted by Gasteiger charge is -2.56. The molecule has 4 unspecified atom stereocenters. The molecule has 0 amide bonds. The molecule has 0 aliphatic carbocycles. The molecule has 27 heteroatoms. The molecular formula is C36H72O15Si12. The van der Waals surface area contributed by atoms with Crippen molar-refractivity contribution < 1.29 is 62.3 Å². The fraction of sp³-hybridized carbons (Fsp3) is 0.444. The molecule has 6 bridgehead atoms. The summed E-state index contributed by atoms with van der Waals surface area (Å²) in [5.41, 5.74) is 1.91. The molecule has 4 atom stereocenters. The van der Waals surface area contributed by atoms with Crippen molar-refractivity contribution in [3.05, 3.63) is 103 Å². The average Bonchev–Trinajstić information content (AvgIpc) is 3.15. The minimum Gasteiger partial charge on any atom is -0.425 e. The Morgan fingerprint density at radius 1 is 0.524 bits per heavy atom. The van der Waals surface area contributed by atoms with Crippen molar-refractivity contribution in [2.45, 2.75) is 93.4 Å². The summed E-state index contributed by atoms with van der Waals surface area (Å²) in [7, 11) is -28.2. The predicted octanol–water partition coefficient (Wildman–Crippen LogP) is 5.21. The van der Waals surface area contributed by atoms with Gasteiger partial charge in [-0.15, -0.1) is 6.58 Å². The number of hydrogen-bond acceptors (Lipinski definition) is 15. The topological polar surface area (TPSA) is 138 Å². The Hall–Kier alpha value is -0.597. The molecule has 4 saturated heterocycles. The Bertz CT molecular complexity index is 1840. The maximum absolute atomic E-state index is 6.99. The van der Waals surface area contributed by atoms with Crippen molar-refractivity contribution in [2.75, 3.05) is 14.2 Å². The maximum atomic E-state index is 6.99. The van der Waals surface area contributed by atoms with E-state index in [0.29, 0.717) is 10.5 Å². The SMILES string of the molecule is C.C.C=C[Si](C)(C)OC.CO[Si](O[Si](C)(C)c1ccccc1)(c1ccccc1)c1ccccc1.C[SiH]1O[Si]2(C)O[Si]3(C)O[Si](C)(O[SiH3])O[Si]4(C)O[Si](C)(O1)O[Si](C)(O2)O[Si](C)(O3)O4. The summed E-state index contributed by atoms with van der Waals surface area (Å²) in [6.07, 6.45) is 0. The summed E-state index contributed by atoms with van der Waals surface area (Å²) in [5.74, 6) is 0. The Balaban J connectivity index is 0.000000286. The molecule has 4 fully saturated rings. The van der Waals surface area contributed by atoms with E-state index in [2.05, 4.69) is 106 Å². The van der Waals surface area contributed by atoms with Crippen LogP contribution in [0.4, 0.5) is 0 Å². The van der Waals surface area contributed by atoms with E-state index in [0.717, 1.165) is 10.4 Å². The molecule has 0 aromatic heterocycles. The Labute approximate surface area is 393 Å². The highest BCUT2D eigenvalue weighted by Crippen LogP contribution is 2.43. The molecule has 7 rings (SSSR count). The minimum atomic E-state index is -3.43. The van der Waals surface area contributed by atoms with Crippen LogP contribution >= 0.6 is 0 Å². The Morgan fingerprint density at radius 2 is 0.841 bits per heavy atom. The molecule has 3 aromatic carbocycles. The molecular weight excluding hydrogens is 1010 g/mol. The zero-order chi connectivity index (χ0) is 45.2. The van der Waals surface area contributed by atoms with Gasteiger partial charge in [0.2, 0.25) is 16.6 Å². The third-order valence-corrected chi connectivity index (χ3v) is 55.4. The van der Waals surface area contributed by atoms with Crippen LogP contribution in [0.2, 0.25) is 78.6 Å². The maximum Gasteiger partial charge on any atom is 0.475 e. The molecule has 0 saturated carbocycles. The molecule has 3 aromatic rings. The highest BCUT2D eigenvalue weighted by molar-refractivity contribution is 7.01. The van der Waals surface area contributed by atoms with Gasteiger partial charge in [-0.25, -0.2) is 0 Å². The van der Waals surface area contributed by atoms with Gasteiger partial charge in [0.1, 0.15) is 10.5 Å². The van der Waals surface area contributed by atoms with E-state index in [4.69, 9.17) is 62.3 Å². The first kappa shape index (κ1) is 56.7. The quantitative estimate of drug-likeness (QED) is 0.259. The van der Waals surface area contributed by atoms with Gasteiger partial charge in [-0.2, -0.15) is 0 Å². The summed E-state index contributed by atoms with van der Waals surface area (Å²) in [6, 6.07) is 31.3. The van der Waals surface area contributed by atoms with Crippen LogP contribution in [0.25, 0.3) is 0 Å². The lowest BCUT2D eigenvalue weighted by atomic mass is 10.4. The average molecular weight is 1080 g/mol. The van der Waals surface area contributed by atoms with Crippen molar-refractivity contribution in [1.82, 2.24) is 0 Å². The number of rotatable bonds is 9. The van der Waals surface area contributed by atoms with Crippen molar-refractivity contribution in [2.24, 2.45) is 0 Å². The number of hydrogen-bond donors (Lipinski definition) is 0. The van der Waals surface area contributed by atoms with E-state index >= 15 is 0 Å². The zero-order valence-electron chi connectivity index (χ0n) is 38.1. The first-order valence-corrected chi connectivity index (χ1v) is 46.3. The lowest BCUT2D eigenvalue weighted by Crippen LogP contribution is -2.81. The highest BCUT2D eigenvalue weighted by atomic mass is 28.6. The number of fused-ring (bicyclic) bond motifs is 4. The zero-order valence-corrected chi connectivity index (χ0v) is 51.3. The molecule has 63 heavy (non-hydrogen) atoms. The minimum absolute atomic E-state index is 0. The molecule has 0 N–H and O–H groups in total. The van der Waals surface area contributed by atoms with Gasteiger partial charge in [-0.1, -0.05) is 112 Å². The van der Waals surface area contributed by atoms with Crippen LogP contribution in [0.1, 0.15) is 14.9 Å². The smallest absolute Gasteiger partial charge is 0.425 e.